The van der Waals surface area contributed by atoms with Crippen molar-refractivity contribution in [2.24, 2.45) is 0 Å². The lowest BCUT2D eigenvalue weighted by molar-refractivity contribution is -0.136. The molecule has 1 saturated heterocycles. The first kappa shape index (κ1) is 21.9. The van der Waals surface area contributed by atoms with Crippen LogP contribution in [-0.2, 0) is 20.7 Å². The van der Waals surface area contributed by atoms with Crippen molar-refractivity contribution in [3.05, 3.63) is 46.2 Å². The Balaban J connectivity index is 1.40. The highest BCUT2D eigenvalue weighted by molar-refractivity contribution is 7.99. The van der Waals surface area contributed by atoms with Crippen LogP contribution in [0, 0.1) is 0 Å². The number of hydrogen-bond acceptors (Lipinski definition) is 6. The van der Waals surface area contributed by atoms with Crippen LogP contribution >= 0.6 is 23.1 Å². The molecular formula is C22H25N3O4S2. The van der Waals surface area contributed by atoms with Gasteiger partial charge >= 0.3 is 11.8 Å². The Morgan fingerprint density at radius 2 is 2.10 bits per heavy atom. The fourth-order valence-electron chi connectivity index (χ4n) is 3.89. The molecule has 3 heterocycles. The van der Waals surface area contributed by atoms with E-state index in [4.69, 9.17) is 4.74 Å². The minimum absolute atomic E-state index is 0.00994. The molecule has 0 spiro atoms. The Labute approximate surface area is 189 Å². The van der Waals surface area contributed by atoms with E-state index >= 15 is 0 Å². The molecule has 7 nitrogen and oxygen atoms in total. The smallest absolute Gasteiger partial charge is 0.313 e. The van der Waals surface area contributed by atoms with Crippen molar-refractivity contribution in [2.75, 3.05) is 41.9 Å². The molecule has 31 heavy (non-hydrogen) atoms. The molecule has 2 N–H and O–H groups in total. The summed E-state index contributed by atoms with van der Waals surface area (Å²) in [4.78, 5) is 40.0. The van der Waals surface area contributed by atoms with Crippen LogP contribution < -0.4 is 15.5 Å². The molecule has 2 aliphatic heterocycles. The Morgan fingerprint density at radius 1 is 1.23 bits per heavy atom. The fraction of sp³-hybridized carbons (Fsp3) is 0.409. The molecule has 1 aromatic heterocycles. The van der Waals surface area contributed by atoms with E-state index in [0.29, 0.717) is 23.7 Å². The zero-order chi connectivity index (χ0) is 21.8. The monoisotopic (exact) mass is 459 g/mol. The normalized spacial score (nSPS) is 20.2. The second-order valence-corrected chi connectivity index (χ2v) is 9.76. The van der Waals surface area contributed by atoms with Gasteiger partial charge in [-0.15, -0.1) is 11.3 Å². The van der Waals surface area contributed by atoms with Gasteiger partial charge in [-0.2, -0.15) is 11.8 Å². The molecule has 1 atom stereocenters. The average molecular weight is 460 g/mol. The number of anilines is 2. The minimum Gasteiger partial charge on any atom is -0.376 e. The van der Waals surface area contributed by atoms with Crippen molar-refractivity contribution in [3.8, 4) is 0 Å². The Kier molecular flexibility index (Phi) is 6.64. The molecule has 2 aliphatic rings. The van der Waals surface area contributed by atoms with Gasteiger partial charge in [0.2, 0.25) is 0 Å². The highest BCUT2D eigenvalue weighted by Gasteiger charge is 2.35. The number of amides is 3. The van der Waals surface area contributed by atoms with Gasteiger partial charge in [-0.25, -0.2) is 0 Å². The Morgan fingerprint density at radius 3 is 2.81 bits per heavy atom. The maximum Gasteiger partial charge on any atom is 0.313 e. The second kappa shape index (κ2) is 9.42. The quantitative estimate of drug-likeness (QED) is 0.672. The van der Waals surface area contributed by atoms with Crippen molar-refractivity contribution in [2.45, 2.75) is 24.9 Å². The first-order chi connectivity index (χ1) is 15.0. The third-order valence-corrected chi connectivity index (χ3v) is 7.79. The van der Waals surface area contributed by atoms with Crippen molar-refractivity contribution in [1.29, 1.82) is 0 Å². The van der Waals surface area contributed by atoms with Crippen molar-refractivity contribution < 1.29 is 19.1 Å². The molecule has 2 aromatic rings. The van der Waals surface area contributed by atoms with Crippen LogP contribution in [0.25, 0.3) is 0 Å². The lowest BCUT2D eigenvalue weighted by atomic mass is 10.0. The lowest BCUT2D eigenvalue weighted by Crippen LogP contribution is -2.47. The van der Waals surface area contributed by atoms with E-state index in [9.17, 15) is 14.4 Å². The molecule has 0 aliphatic carbocycles. The molecular weight excluding hydrogens is 434 g/mol. The largest absolute Gasteiger partial charge is 0.376 e. The molecule has 9 heteroatoms. The maximum atomic E-state index is 12.8. The number of nitrogens with zero attached hydrogens (tertiary/aromatic N) is 1. The number of thioether (sulfide) groups is 1. The molecule has 0 saturated carbocycles. The van der Waals surface area contributed by atoms with Crippen molar-refractivity contribution in [1.82, 2.24) is 5.32 Å². The molecule has 1 aromatic carbocycles. The molecule has 0 radical (unpaired) electrons. The molecule has 0 bridgehead atoms. The van der Waals surface area contributed by atoms with Crippen LogP contribution in [0.15, 0.2) is 35.7 Å². The summed E-state index contributed by atoms with van der Waals surface area (Å²) in [6, 6.07) is 9.11. The highest BCUT2D eigenvalue weighted by Crippen LogP contribution is 2.32. The zero-order valence-corrected chi connectivity index (χ0v) is 18.9. The van der Waals surface area contributed by atoms with Crippen LogP contribution in [-0.4, -0.2) is 55.0 Å². The predicted octanol–water partition coefficient (Wildman–Crippen LogP) is 2.92. The summed E-state index contributed by atoms with van der Waals surface area (Å²) in [5.41, 5.74) is 1.98. The summed E-state index contributed by atoms with van der Waals surface area (Å²) >= 11 is 3.20. The van der Waals surface area contributed by atoms with E-state index in [2.05, 4.69) is 10.6 Å². The van der Waals surface area contributed by atoms with Crippen LogP contribution in [0.5, 0.6) is 0 Å². The van der Waals surface area contributed by atoms with E-state index in [1.807, 2.05) is 29.6 Å². The second-order valence-electron chi connectivity index (χ2n) is 7.71. The van der Waals surface area contributed by atoms with Gasteiger partial charge in [0.15, 0.2) is 0 Å². The third-order valence-electron chi connectivity index (χ3n) is 5.71. The summed E-state index contributed by atoms with van der Waals surface area (Å²) in [5, 5.41) is 7.26. The minimum atomic E-state index is -0.709. The van der Waals surface area contributed by atoms with Gasteiger partial charge in [-0.1, -0.05) is 6.07 Å². The standard InChI is InChI=1S/C22H25N3O4S2/c1-29-22(8-11-30-14-22)13-23-19(26)20(27)24-16-6-7-17-15(12-16)4-2-9-25(17)21(28)18-5-3-10-31-18/h3,5-7,10,12H,2,4,8-9,11,13-14H2,1H3,(H,23,26)(H,24,27)/t22-/m0/s1. The number of carbonyl (C=O) groups is 3. The van der Waals surface area contributed by atoms with E-state index < -0.39 is 17.4 Å². The fourth-order valence-corrected chi connectivity index (χ4v) is 5.96. The van der Waals surface area contributed by atoms with Crippen LogP contribution in [0.1, 0.15) is 28.1 Å². The van der Waals surface area contributed by atoms with Crippen molar-refractivity contribution >= 4 is 52.2 Å². The zero-order valence-electron chi connectivity index (χ0n) is 17.3. The number of ether oxygens (including phenoxy) is 1. The molecule has 3 amide bonds. The number of nitrogens with one attached hydrogen (secondary N) is 2. The maximum absolute atomic E-state index is 12.8. The highest BCUT2D eigenvalue weighted by atomic mass is 32.2. The predicted molar refractivity (Wildman–Crippen MR) is 124 cm³/mol. The van der Waals surface area contributed by atoms with E-state index in [-0.39, 0.29) is 5.91 Å². The molecule has 0 unspecified atom stereocenters. The molecule has 1 fully saturated rings. The summed E-state index contributed by atoms with van der Waals surface area (Å²) < 4.78 is 5.57. The number of methoxy groups -OCH3 is 1. The van der Waals surface area contributed by atoms with Gasteiger partial charge in [0.05, 0.1) is 10.5 Å². The molecule has 4 rings (SSSR count). The van der Waals surface area contributed by atoms with Gasteiger partial charge in [0.1, 0.15) is 0 Å². The number of rotatable bonds is 5. The van der Waals surface area contributed by atoms with Gasteiger partial charge in [-0.3, -0.25) is 14.4 Å². The van der Waals surface area contributed by atoms with Gasteiger partial charge in [0, 0.05) is 37.3 Å². The summed E-state index contributed by atoms with van der Waals surface area (Å²) in [6.45, 7) is 0.976. The topological polar surface area (TPSA) is 87.7 Å². The van der Waals surface area contributed by atoms with Gasteiger partial charge in [-0.05, 0) is 60.2 Å². The van der Waals surface area contributed by atoms with Crippen LogP contribution in [0.2, 0.25) is 0 Å². The SMILES string of the molecule is CO[C@]1(CNC(=O)C(=O)Nc2ccc3c(c2)CCCN3C(=O)c2cccs2)CCSC1. The summed E-state index contributed by atoms with van der Waals surface area (Å²) in [7, 11) is 1.64. The number of fused-ring (bicyclic) bond motifs is 1. The summed E-state index contributed by atoms with van der Waals surface area (Å²) in [5.74, 6) is 0.387. The number of carbonyl (C=O) groups excluding carboxylic acids is 3. The number of benzene rings is 1. The first-order valence-corrected chi connectivity index (χ1v) is 12.3. The number of hydrogen-bond donors (Lipinski definition) is 2. The van der Waals surface area contributed by atoms with Crippen molar-refractivity contribution in [3.63, 3.8) is 0 Å². The van der Waals surface area contributed by atoms with Gasteiger partial charge < -0.3 is 20.3 Å². The van der Waals surface area contributed by atoms with E-state index in [1.165, 1.54) is 11.3 Å². The summed E-state index contributed by atoms with van der Waals surface area (Å²) in [6.07, 6.45) is 2.51. The Bertz CT molecular complexity index is 971. The third kappa shape index (κ3) is 4.78. The van der Waals surface area contributed by atoms with Crippen LogP contribution in [0.4, 0.5) is 11.4 Å². The van der Waals surface area contributed by atoms with Crippen LogP contribution in [0.3, 0.4) is 0 Å². The first-order valence-electron chi connectivity index (χ1n) is 10.2. The van der Waals surface area contributed by atoms with E-state index in [1.54, 1.807) is 29.8 Å². The van der Waals surface area contributed by atoms with E-state index in [0.717, 1.165) is 42.0 Å². The molecule has 164 valence electrons. The average Bonchev–Trinajstić information content (AvgIpc) is 3.49. The number of thiophene rings is 1. The lowest BCUT2D eigenvalue weighted by Gasteiger charge is -2.29. The Hall–Kier alpha value is -2.36. The number of aryl methyl sites for hydroxylation is 1. The van der Waals surface area contributed by atoms with Gasteiger partial charge in [0.25, 0.3) is 5.91 Å².